The van der Waals surface area contributed by atoms with Crippen LogP contribution in [0.15, 0.2) is 12.2 Å². The lowest BCUT2D eigenvalue weighted by Crippen LogP contribution is -2.13. The number of rotatable bonds is 8. The predicted molar refractivity (Wildman–Crippen MR) is 58.1 cm³/mol. The molecule has 0 aromatic heterocycles. The molecule has 0 aliphatic heterocycles. The van der Waals surface area contributed by atoms with Crippen molar-refractivity contribution in [1.29, 1.82) is 0 Å². The van der Waals surface area contributed by atoms with E-state index in [1.807, 2.05) is 0 Å². The fourth-order valence-corrected chi connectivity index (χ4v) is 1.72. The van der Waals surface area contributed by atoms with E-state index in [4.69, 9.17) is 4.74 Å². The van der Waals surface area contributed by atoms with Crippen molar-refractivity contribution in [2.75, 3.05) is 6.61 Å². The van der Waals surface area contributed by atoms with Gasteiger partial charge in [-0.2, -0.15) is 0 Å². The molecule has 16 heavy (non-hydrogen) atoms. The van der Waals surface area contributed by atoms with Gasteiger partial charge in [0, 0.05) is 11.6 Å². The largest absolute Gasteiger partial charge is 0.616 e. The highest BCUT2D eigenvalue weighted by Crippen LogP contribution is 2.19. The van der Waals surface area contributed by atoms with E-state index in [0.717, 1.165) is 0 Å². The van der Waals surface area contributed by atoms with Gasteiger partial charge in [-0.3, -0.25) is 0 Å². The van der Waals surface area contributed by atoms with Crippen LogP contribution in [0.4, 0.5) is 12.3 Å². The molecule has 0 aliphatic carbocycles. The molecule has 0 spiro atoms. The Bertz CT molecular complexity index is 239. The van der Waals surface area contributed by atoms with Gasteiger partial charge in [0.25, 0.3) is 0 Å². The molecule has 0 fully saturated rings. The van der Waals surface area contributed by atoms with Crippen LogP contribution in [0.1, 0.15) is 32.6 Å². The molecule has 0 radical (unpaired) electrons. The van der Waals surface area contributed by atoms with Gasteiger partial charge in [0.15, 0.2) is 0 Å². The van der Waals surface area contributed by atoms with Crippen LogP contribution in [-0.2, 0) is 9.53 Å². The van der Waals surface area contributed by atoms with Gasteiger partial charge in [-0.15, -0.1) is 0 Å². The van der Waals surface area contributed by atoms with Gasteiger partial charge < -0.3 is 4.74 Å². The van der Waals surface area contributed by atoms with Crippen LogP contribution in [0.3, 0.4) is 0 Å². The van der Waals surface area contributed by atoms with Crippen molar-refractivity contribution < 1.29 is 21.9 Å². The van der Waals surface area contributed by atoms with E-state index in [2.05, 4.69) is 6.58 Å². The molecule has 0 unspecified atom stereocenters. The van der Waals surface area contributed by atoms with Gasteiger partial charge in [-0.05, 0) is 19.8 Å². The molecule has 6 heteroatoms. The standard InChI is InChI=1S/C10H17F3O2Si/c1-9(2)10(14)15-7-5-3-4-6-8-16(11,12)13/h1,3-8H2,2H3. The van der Waals surface area contributed by atoms with Gasteiger partial charge in [0.2, 0.25) is 0 Å². The Hall–Kier alpha value is -0.783. The van der Waals surface area contributed by atoms with Crippen molar-refractivity contribution in [3.63, 3.8) is 0 Å². The first-order valence-electron chi connectivity index (χ1n) is 5.22. The molecule has 0 aromatic carbocycles. The maximum atomic E-state index is 11.9. The minimum Gasteiger partial charge on any atom is -0.462 e. The minimum atomic E-state index is -5.36. The molecule has 0 aromatic rings. The van der Waals surface area contributed by atoms with Crippen LogP contribution >= 0.6 is 0 Å². The zero-order chi connectivity index (χ0) is 12.6. The summed E-state index contributed by atoms with van der Waals surface area (Å²) in [7, 11) is -5.36. The molecule has 0 atom stereocenters. The Morgan fingerprint density at radius 2 is 1.75 bits per heavy atom. The predicted octanol–water partition coefficient (Wildman–Crippen LogP) is 3.51. The second kappa shape index (κ2) is 7.48. The van der Waals surface area contributed by atoms with Gasteiger partial charge in [-0.25, -0.2) is 17.1 Å². The van der Waals surface area contributed by atoms with Crippen molar-refractivity contribution in [2.45, 2.75) is 38.7 Å². The second-order valence-corrected chi connectivity index (χ2v) is 5.43. The lowest BCUT2D eigenvalue weighted by Gasteiger charge is -2.04. The fourth-order valence-electron chi connectivity index (χ4n) is 1.07. The lowest BCUT2D eigenvalue weighted by molar-refractivity contribution is -0.139. The van der Waals surface area contributed by atoms with Crippen LogP contribution in [0.2, 0.25) is 6.04 Å². The number of hydrogen-bond donors (Lipinski definition) is 0. The quantitative estimate of drug-likeness (QED) is 0.218. The summed E-state index contributed by atoms with van der Waals surface area (Å²) in [5.41, 5.74) is 0.336. The van der Waals surface area contributed by atoms with Crippen molar-refractivity contribution in [3.05, 3.63) is 12.2 Å². The highest BCUT2D eigenvalue weighted by molar-refractivity contribution is 6.58. The highest BCUT2D eigenvalue weighted by Gasteiger charge is 2.35. The van der Waals surface area contributed by atoms with Crippen molar-refractivity contribution in [1.82, 2.24) is 0 Å². The summed E-state index contributed by atoms with van der Waals surface area (Å²) in [4.78, 5) is 10.9. The highest BCUT2D eigenvalue weighted by atomic mass is 28.5. The first kappa shape index (κ1) is 15.2. The summed E-state index contributed by atoms with van der Waals surface area (Å²) >= 11 is 0. The summed E-state index contributed by atoms with van der Waals surface area (Å²) in [5.74, 6) is -0.442. The average molecular weight is 254 g/mol. The Labute approximate surface area is 95.0 Å². The number of hydrogen-bond acceptors (Lipinski definition) is 2. The van der Waals surface area contributed by atoms with Gasteiger partial charge >= 0.3 is 15.0 Å². The van der Waals surface area contributed by atoms with E-state index in [1.54, 1.807) is 6.92 Å². The summed E-state index contributed by atoms with van der Waals surface area (Å²) in [6, 6.07) is -0.599. The smallest absolute Gasteiger partial charge is 0.462 e. The van der Waals surface area contributed by atoms with E-state index in [-0.39, 0.29) is 13.0 Å². The van der Waals surface area contributed by atoms with Crippen LogP contribution in [0, 0.1) is 0 Å². The van der Waals surface area contributed by atoms with Crippen LogP contribution < -0.4 is 0 Å². The molecule has 94 valence electrons. The Morgan fingerprint density at radius 3 is 2.25 bits per heavy atom. The first-order valence-corrected chi connectivity index (χ1v) is 7.06. The number of esters is 1. The minimum absolute atomic E-state index is 0.199. The van der Waals surface area contributed by atoms with Gasteiger partial charge in [-0.1, -0.05) is 19.4 Å². The van der Waals surface area contributed by atoms with Crippen molar-refractivity contribution in [2.24, 2.45) is 0 Å². The Morgan fingerprint density at radius 1 is 1.19 bits per heavy atom. The summed E-state index contributed by atoms with van der Waals surface area (Å²) in [6.45, 7) is 5.23. The normalized spacial score (nSPS) is 11.2. The number of carbonyl (C=O) groups is 1. The Kier molecular flexibility index (Phi) is 7.12. The molecular weight excluding hydrogens is 237 g/mol. The van der Waals surface area contributed by atoms with E-state index in [0.29, 0.717) is 24.8 Å². The van der Waals surface area contributed by atoms with Gasteiger partial charge in [0.05, 0.1) is 6.61 Å². The molecule has 2 nitrogen and oxygen atoms in total. The van der Waals surface area contributed by atoms with E-state index < -0.39 is 21.1 Å². The zero-order valence-electron chi connectivity index (χ0n) is 9.40. The number of carbonyl (C=O) groups excluding carboxylic acids is 1. The molecule has 0 amide bonds. The van der Waals surface area contributed by atoms with Crippen LogP contribution in [0.5, 0.6) is 0 Å². The lowest BCUT2D eigenvalue weighted by atomic mass is 10.2. The average Bonchev–Trinajstić information content (AvgIpc) is 2.14. The number of ether oxygens (including phenoxy) is 1. The molecule has 0 saturated heterocycles. The topological polar surface area (TPSA) is 26.3 Å². The maximum absolute atomic E-state index is 11.9. The molecule has 0 bridgehead atoms. The van der Waals surface area contributed by atoms with Crippen molar-refractivity contribution >= 4 is 15.0 Å². The maximum Gasteiger partial charge on any atom is 0.616 e. The molecule has 0 saturated carbocycles. The molecule has 0 heterocycles. The van der Waals surface area contributed by atoms with E-state index >= 15 is 0 Å². The summed E-state index contributed by atoms with van der Waals surface area (Å²) in [5, 5.41) is 0. The third kappa shape index (κ3) is 9.76. The second-order valence-electron chi connectivity index (χ2n) is 3.70. The van der Waals surface area contributed by atoms with E-state index in [1.165, 1.54) is 0 Å². The third-order valence-electron chi connectivity index (χ3n) is 1.94. The molecular formula is C10H17F3O2Si. The SMILES string of the molecule is C=C(C)C(=O)OCCCCCC[Si](F)(F)F. The van der Waals surface area contributed by atoms with Crippen LogP contribution in [0.25, 0.3) is 0 Å². The zero-order valence-corrected chi connectivity index (χ0v) is 10.4. The number of unbranched alkanes of at least 4 members (excludes halogenated alkanes) is 3. The van der Waals surface area contributed by atoms with Gasteiger partial charge in [0.1, 0.15) is 0 Å². The molecule has 0 rings (SSSR count). The van der Waals surface area contributed by atoms with Crippen LogP contribution in [-0.4, -0.2) is 21.7 Å². The first-order chi connectivity index (χ1) is 7.33. The van der Waals surface area contributed by atoms with Crippen molar-refractivity contribution in [3.8, 4) is 0 Å². The fraction of sp³-hybridized carbons (Fsp3) is 0.700. The molecule has 0 aliphatic rings. The monoisotopic (exact) mass is 254 g/mol. The summed E-state index contributed by atoms with van der Waals surface area (Å²) in [6.07, 6.45) is 2.01. The summed E-state index contributed by atoms with van der Waals surface area (Å²) < 4.78 is 40.5. The Balaban J connectivity index is 3.29. The molecule has 0 N–H and O–H groups in total. The third-order valence-corrected chi connectivity index (χ3v) is 2.86. The number of halogens is 3. The van der Waals surface area contributed by atoms with E-state index in [9.17, 15) is 17.1 Å².